The molecule has 0 radical (unpaired) electrons. The number of aromatic nitrogens is 4. The first kappa shape index (κ1) is 29.9. The lowest BCUT2D eigenvalue weighted by molar-refractivity contribution is -0.117. The van der Waals surface area contributed by atoms with Gasteiger partial charge in [-0.3, -0.25) is 28.4 Å². The van der Waals surface area contributed by atoms with Crippen molar-refractivity contribution in [2.24, 2.45) is 7.05 Å². The van der Waals surface area contributed by atoms with Crippen LogP contribution < -0.4 is 10.6 Å². The molecule has 0 saturated carbocycles. The average molecular weight is 626 g/mol. The summed E-state index contributed by atoms with van der Waals surface area (Å²) in [6, 6.07) is 20.2. The Hall–Kier alpha value is -5.20. The predicted molar refractivity (Wildman–Crippen MR) is 170 cm³/mol. The molecular weight excluding hydrogens is 597 g/mol. The molecule has 228 valence electrons. The Morgan fingerprint density at radius 3 is 2.36 bits per heavy atom. The molecule has 3 aromatic carbocycles. The van der Waals surface area contributed by atoms with Gasteiger partial charge in [-0.05, 0) is 61.4 Å². The quantitative estimate of drug-likeness (QED) is 0.258. The Morgan fingerprint density at radius 1 is 0.933 bits per heavy atom. The molecule has 3 aromatic heterocycles. The molecule has 12 heteroatoms. The van der Waals surface area contributed by atoms with Crippen molar-refractivity contribution in [3.8, 4) is 16.8 Å². The summed E-state index contributed by atoms with van der Waals surface area (Å²) in [5, 5.41) is 0.774. The summed E-state index contributed by atoms with van der Waals surface area (Å²) in [4.78, 5) is 35.5. The van der Waals surface area contributed by atoms with E-state index in [-0.39, 0.29) is 22.2 Å². The Labute approximate surface area is 257 Å². The number of hydrogen-bond donors (Lipinski definition) is 1. The summed E-state index contributed by atoms with van der Waals surface area (Å²) in [5.74, 6) is -0.625. The number of anilines is 1. The highest BCUT2D eigenvalue weighted by molar-refractivity contribution is 7.85. The maximum Gasteiger partial charge on any atom is 0.333 e. The first-order valence-electron chi connectivity index (χ1n) is 14.1. The molecule has 1 saturated heterocycles. The van der Waals surface area contributed by atoms with Crippen molar-refractivity contribution in [2.75, 3.05) is 11.4 Å². The number of nitrogens with zero attached hydrogens (tertiary/aromatic N) is 5. The van der Waals surface area contributed by atoms with Crippen LogP contribution in [0.25, 0.3) is 38.8 Å². The first-order valence-corrected chi connectivity index (χ1v) is 15.5. The van der Waals surface area contributed by atoms with Crippen molar-refractivity contribution in [3.05, 3.63) is 113 Å². The van der Waals surface area contributed by atoms with Crippen LogP contribution in [0.1, 0.15) is 18.4 Å². The van der Waals surface area contributed by atoms with E-state index in [0.717, 1.165) is 27.6 Å². The molecule has 10 nitrogen and oxygen atoms in total. The fourth-order valence-electron chi connectivity index (χ4n) is 5.42. The number of carbonyl (C=O) groups excluding carboxylic acids is 1. The fraction of sp³-hybridized carbons (Fsp3) is 0.152. The van der Waals surface area contributed by atoms with Crippen LogP contribution in [-0.2, 0) is 22.0 Å². The van der Waals surface area contributed by atoms with Crippen LogP contribution in [0.2, 0.25) is 0 Å². The van der Waals surface area contributed by atoms with Crippen molar-refractivity contribution in [1.82, 2.24) is 19.1 Å². The number of carbonyl (C=O) groups is 1. The summed E-state index contributed by atoms with van der Waals surface area (Å²) in [5.41, 5.74) is 5.17. The van der Waals surface area contributed by atoms with E-state index < -0.39 is 15.9 Å². The van der Waals surface area contributed by atoms with Crippen molar-refractivity contribution >= 4 is 43.6 Å². The smallest absolute Gasteiger partial charge is 0.310 e. The maximum atomic E-state index is 15.2. The predicted octanol–water partition coefficient (Wildman–Crippen LogP) is 5.45. The van der Waals surface area contributed by atoms with Crippen molar-refractivity contribution < 1.29 is 22.2 Å². The molecule has 7 rings (SSSR count). The number of imidazole rings is 1. The lowest BCUT2D eigenvalue weighted by Gasteiger charge is -2.17. The standard InChI is InChI=1S/C26H20FN5O2.C7H8O3S/c1-30-23-15-29-21-8-6-16(17-4-2-10-28-14-17)12-19(21)25(23)32(26(30)34)18-7-9-22(20(27)13-18)31-11-3-5-24(31)33;1-6-2-4-7(5-3-6)11(8,9)10/h2,4,6-10,12-15H,3,5,11H2,1H3;2-5H,1H3,(H,8,9,10). The second-order valence-corrected chi connectivity index (χ2v) is 12.1. The van der Waals surface area contributed by atoms with Gasteiger partial charge in [-0.1, -0.05) is 29.8 Å². The minimum Gasteiger partial charge on any atom is -0.310 e. The zero-order valence-electron chi connectivity index (χ0n) is 24.4. The van der Waals surface area contributed by atoms with Gasteiger partial charge in [-0.25, -0.2) is 9.18 Å². The number of halogens is 1. The van der Waals surface area contributed by atoms with E-state index in [4.69, 9.17) is 4.55 Å². The number of aryl methyl sites for hydroxylation is 2. The molecule has 0 aliphatic carbocycles. The van der Waals surface area contributed by atoms with Gasteiger partial charge in [-0.15, -0.1) is 0 Å². The van der Waals surface area contributed by atoms with E-state index in [1.165, 1.54) is 32.2 Å². The second kappa shape index (κ2) is 11.7. The maximum absolute atomic E-state index is 15.2. The summed E-state index contributed by atoms with van der Waals surface area (Å²) in [6.07, 6.45) is 6.28. The van der Waals surface area contributed by atoms with Gasteiger partial charge in [0, 0.05) is 49.4 Å². The third kappa shape index (κ3) is 5.73. The summed E-state index contributed by atoms with van der Waals surface area (Å²) < 4.78 is 47.7. The van der Waals surface area contributed by atoms with Crippen LogP contribution in [0.5, 0.6) is 0 Å². The van der Waals surface area contributed by atoms with E-state index in [1.807, 2.05) is 37.3 Å². The molecule has 45 heavy (non-hydrogen) atoms. The topological polar surface area (TPSA) is 127 Å². The van der Waals surface area contributed by atoms with Gasteiger partial charge in [0.15, 0.2) is 0 Å². The first-order chi connectivity index (χ1) is 21.5. The van der Waals surface area contributed by atoms with Crippen LogP contribution >= 0.6 is 0 Å². The third-order valence-electron chi connectivity index (χ3n) is 7.75. The largest absolute Gasteiger partial charge is 0.333 e. The van der Waals surface area contributed by atoms with E-state index in [1.54, 1.807) is 49.9 Å². The molecule has 1 N–H and O–H groups in total. The molecule has 1 amide bonds. The van der Waals surface area contributed by atoms with Gasteiger partial charge in [-0.2, -0.15) is 8.42 Å². The molecule has 0 spiro atoms. The summed E-state index contributed by atoms with van der Waals surface area (Å²) in [6.45, 7) is 2.34. The second-order valence-electron chi connectivity index (χ2n) is 10.7. The molecule has 6 aromatic rings. The minimum absolute atomic E-state index is 0.0666. The van der Waals surface area contributed by atoms with E-state index in [2.05, 4.69) is 9.97 Å². The highest BCUT2D eigenvalue weighted by atomic mass is 32.2. The van der Waals surface area contributed by atoms with Crippen LogP contribution in [-0.4, -0.2) is 44.5 Å². The average Bonchev–Trinajstić information content (AvgIpc) is 3.57. The van der Waals surface area contributed by atoms with Crippen molar-refractivity contribution in [2.45, 2.75) is 24.7 Å². The zero-order chi connectivity index (χ0) is 31.9. The lowest BCUT2D eigenvalue weighted by atomic mass is 10.0. The number of amides is 1. The van der Waals surface area contributed by atoms with Crippen LogP contribution in [0.4, 0.5) is 10.1 Å². The van der Waals surface area contributed by atoms with Gasteiger partial charge in [0.05, 0.1) is 39.0 Å². The highest BCUT2D eigenvalue weighted by Crippen LogP contribution is 2.31. The van der Waals surface area contributed by atoms with Gasteiger partial charge in [0.1, 0.15) is 5.82 Å². The van der Waals surface area contributed by atoms with Gasteiger partial charge in [0.25, 0.3) is 10.1 Å². The molecular formula is C33H28FN5O5S. The monoisotopic (exact) mass is 625 g/mol. The molecule has 1 aliphatic rings. The van der Waals surface area contributed by atoms with Crippen LogP contribution in [0.3, 0.4) is 0 Å². The minimum atomic E-state index is -4.02. The van der Waals surface area contributed by atoms with Crippen molar-refractivity contribution in [1.29, 1.82) is 0 Å². The Bertz CT molecular complexity index is 2250. The normalized spacial score (nSPS) is 13.3. The number of hydrogen-bond acceptors (Lipinski definition) is 6. The van der Waals surface area contributed by atoms with Gasteiger partial charge >= 0.3 is 5.69 Å². The molecule has 0 atom stereocenters. The van der Waals surface area contributed by atoms with E-state index in [9.17, 15) is 18.0 Å². The highest BCUT2D eigenvalue weighted by Gasteiger charge is 2.25. The lowest BCUT2D eigenvalue weighted by Crippen LogP contribution is -2.25. The van der Waals surface area contributed by atoms with E-state index in [0.29, 0.717) is 36.1 Å². The fourth-order valence-corrected chi connectivity index (χ4v) is 5.90. The Balaban J connectivity index is 0.000000276. The summed E-state index contributed by atoms with van der Waals surface area (Å²) in [7, 11) is -2.35. The number of pyridine rings is 2. The molecule has 0 unspecified atom stereocenters. The Kier molecular flexibility index (Phi) is 7.77. The van der Waals surface area contributed by atoms with Crippen LogP contribution in [0.15, 0.2) is 101 Å². The molecule has 1 aliphatic heterocycles. The third-order valence-corrected chi connectivity index (χ3v) is 8.62. The SMILES string of the molecule is Cc1ccc(S(=O)(=O)O)cc1.Cn1c(=O)n(-c2ccc(N3CCCC3=O)c(F)c2)c2c3cc(-c4cccnc4)ccc3ncc21. The number of fused-ring (bicyclic) bond motifs is 3. The zero-order valence-corrected chi connectivity index (χ0v) is 25.2. The summed E-state index contributed by atoms with van der Waals surface area (Å²) >= 11 is 0. The molecule has 4 heterocycles. The van der Waals surface area contributed by atoms with Gasteiger partial charge < -0.3 is 4.90 Å². The van der Waals surface area contributed by atoms with Crippen molar-refractivity contribution in [3.63, 3.8) is 0 Å². The molecule has 0 bridgehead atoms. The van der Waals surface area contributed by atoms with Gasteiger partial charge in [0.2, 0.25) is 5.91 Å². The van der Waals surface area contributed by atoms with E-state index >= 15 is 4.39 Å². The number of benzene rings is 3. The van der Waals surface area contributed by atoms with Crippen LogP contribution in [0, 0.1) is 12.7 Å². The molecule has 1 fully saturated rings. The number of rotatable bonds is 4. The Morgan fingerprint density at radius 2 is 1.71 bits per heavy atom.